The highest BCUT2D eigenvalue weighted by molar-refractivity contribution is 5.78. The molecule has 3 heteroatoms. The molecule has 1 unspecified atom stereocenters. The van der Waals surface area contributed by atoms with Crippen LogP contribution < -0.4 is 11.1 Å². The molecule has 1 aromatic rings. The van der Waals surface area contributed by atoms with Crippen molar-refractivity contribution >= 4 is 11.6 Å². The van der Waals surface area contributed by atoms with Gasteiger partial charge in [-0.2, -0.15) is 0 Å². The maximum absolute atomic E-state index is 11.7. The minimum atomic E-state index is 0.0584. The van der Waals surface area contributed by atoms with Crippen molar-refractivity contribution in [3.63, 3.8) is 0 Å². The molecule has 0 saturated carbocycles. The summed E-state index contributed by atoms with van der Waals surface area (Å²) in [6.45, 7) is 7.20. The highest BCUT2D eigenvalue weighted by Crippen LogP contribution is 2.09. The molecule has 0 aliphatic rings. The summed E-state index contributed by atoms with van der Waals surface area (Å²) < 4.78 is 0. The summed E-state index contributed by atoms with van der Waals surface area (Å²) in [6, 6.07) is 7.45. The van der Waals surface area contributed by atoms with Crippen molar-refractivity contribution in [2.45, 2.75) is 27.2 Å². The van der Waals surface area contributed by atoms with Gasteiger partial charge in [-0.15, -0.1) is 0 Å². The van der Waals surface area contributed by atoms with Gasteiger partial charge in [-0.25, -0.2) is 0 Å². The summed E-state index contributed by atoms with van der Waals surface area (Å²) in [4.78, 5) is 11.7. The van der Waals surface area contributed by atoms with Crippen molar-refractivity contribution in [2.75, 3.05) is 12.3 Å². The molecule has 3 N–H and O–H groups in total. The number of carbonyl (C=O) groups excluding carboxylic acids is 1. The number of nitrogens with two attached hydrogens (primary N) is 1. The van der Waals surface area contributed by atoms with E-state index in [0.29, 0.717) is 23.9 Å². The van der Waals surface area contributed by atoms with Crippen molar-refractivity contribution in [3.05, 3.63) is 29.8 Å². The SMILES string of the molecule is CC(C)C(C)CNC(=O)Cc1cccc(N)c1. The molecule has 17 heavy (non-hydrogen) atoms. The van der Waals surface area contributed by atoms with Gasteiger partial charge in [0.2, 0.25) is 5.91 Å². The third-order valence-electron chi connectivity index (χ3n) is 3.07. The molecular formula is C14H22N2O. The standard InChI is InChI=1S/C14H22N2O/c1-10(2)11(3)9-16-14(17)8-12-5-4-6-13(15)7-12/h4-7,10-11H,8-9,15H2,1-3H3,(H,16,17). The molecule has 0 bridgehead atoms. The Morgan fingerprint density at radius 3 is 2.65 bits per heavy atom. The summed E-state index contributed by atoms with van der Waals surface area (Å²) in [6.07, 6.45) is 0.399. The molecule has 0 fully saturated rings. The lowest BCUT2D eigenvalue weighted by Gasteiger charge is -2.16. The molecule has 1 atom stereocenters. The van der Waals surface area contributed by atoms with Gasteiger partial charge >= 0.3 is 0 Å². The average molecular weight is 234 g/mol. The largest absolute Gasteiger partial charge is 0.399 e. The van der Waals surface area contributed by atoms with Crippen LogP contribution in [0.15, 0.2) is 24.3 Å². The first-order valence-corrected chi connectivity index (χ1v) is 6.10. The molecule has 0 radical (unpaired) electrons. The van der Waals surface area contributed by atoms with Crippen LogP contribution in [0.2, 0.25) is 0 Å². The monoisotopic (exact) mass is 234 g/mol. The fourth-order valence-corrected chi connectivity index (χ4v) is 1.46. The van der Waals surface area contributed by atoms with Crippen LogP contribution in [0.3, 0.4) is 0 Å². The maximum atomic E-state index is 11.7. The summed E-state index contributed by atoms with van der Waals surface area (Å²) >= 11 is 0. The van der Waals surface area contributed by atoms with Crippen molar-refractivity contribution in [1.82, 2.24) is 5.32 Å². The minimum Gasteiger partial charge on any atom is -0.399 e. The Morgan fingerprint density at radius 2 is 2.06 bits per heavy atom. The highest BCUT2D eigenvalue weighted by atomic mass is 16.1. The second kappa shape index (κ2) is 6.28. The number of carbonyl (C=O) groups is 1. The molecule has 1 aromatic carbocycles. The maximum Gasteiger partial charge on any atom is 0.224 e. The van der Waals surface area contributed by atoms with E-state index in [1.54, 1.807) is 0 Å². The molecule has 3 nitrogen and oxygen atoms in total. The topological polar surface area (TPSA) is 55.1 Å². The number of anilines is 1. The van der Waals surface area contributed by atoms with Crippen molar-refractivity contribution in [1.29, 1.82) is 0 Å². The van der Waals surface area contributed by atoms with Crippen LogP contribution in [-0.4, -0.2) is 12.5 Å². The molecule has 1 rings (SSSR count). The Bertz CT molecular complexity index is 374. The van der Waals surface area contributed by atoms with Crippen LogP contribution >= 0.6 is 0 Å². The van der Waals surface area contributed by atoms with Gasteiger partial charge in [-0.05, 0) is 29.5 Å². The Balaban J connectivity index is 2.40. The lowest BCUT2D eigenvalue weighted by molar-refractivity contribution is -0.120. The van der Waals surface area contributed by atoms with E-state index < -0.39 is 0 Å². The van der Waals surface area contributed by atoms with Crippen molar-refractivity contribution in [2.24, 2.45) is 11.8 Å². The van der Waals surface area contributed by atoms with Crippen LogP contribution in [0.5, 0.6) is 0 Å². The Morgan fingerprint density at radius 1 is 1.35 bits per heavy atom. The van der Waals surface area contributed by atoms with Gasteiger partial charge in [0.1, 0.15) is 0 Å². The summed E-state index contributed by atoms with van der Waals surface area (Å²) in [5.41, 5.74) is 7.32. The molecule has 0 aliphatic carbocycles. The lowest BCUT2D eigenvalue weighted by atomic mass is 9.98. The Kier molecular flexibility index (Phi) is 5.01. The van der Waals surface area contributed by atoms with E-state index in [2.05, 4.69) is 26.1 Å². The van der Waals surface area contributed by atoms with Crippen LogP contribution in [0.4, 0.5) is 5.69 Å². The van der Waals surface area contributed by atoms with E-state index in [-0.39, 0.29) is 5.91 Å². The normalized spacial score (nSPS) is 12.5. The number of nitrogen functional groups attached to an aromatic ring is 1. The van der Waals surface area contributed by atoms with Gasteiger partial charge < -0.3 is 11.1 Å². The predicted molar refractivity (Wildman–Crippen MR) is 71.6 cm³/mol. The Hall–Kier alpha value is -1.51. The van der Waals surface area contributed by atoms with E-state index in [9.17, 15) is 4.79 Å². The molecule has 0 aromatic heterocycles. The number of amides is 1. The molecule has 0 spiro atoms. The Labute approximate surface area is 103 Å². The van der Waals surface area contributed by atoms with E-state index in [1.807, 2.05) is 24.3 Å². The zero-order valence-electron chi connectivity index (χ0n) is 10.9. The summed E-state index contributed by atoms with van der Waals surface area (Å²) in [5.74, 6) is 1.14. The number of hydrogen-bond donors (Lipinski definition) is 2. The van der Waals surface area contributed by atoms with Crippen LogP contribution in [-0.2, 0) is 11.2 Å². The fraction of sp³-hybridized carbons (Fsp3) is 0.500. The quantitative estimate of drug-likeness (QED) is 0.767. The van der Waals surface area contributed by atoms with E-state index in [1.165, 1.54) is 0 Å². The van der Waals surface area contributed by atoms with Gasteiger partial charge in [0, 0.05) is 12.2 Å². The first-order chi connectivity index (χ1) is 7.99. The first kappa shape index (κ1) is 13.6. The molecule has 0 heterocycles. The van der Waals surface area contributed by atoms with Gasteiger partial charge in [0.25, 0.3) is 0 Å². The zero-order valence-corrected chi connectivity index (χ0v) is 10.9. The fourth-order valence-electron chi connectivity index (χ4n) is 1.46. The second-order valence-corrected chi connectivity index (χ2v) is 4.95. The van der Waals surface area contributed by atoms with Crippen molar-refractivity contribution < 1.29 is 4.79 Å². The van der Waals surface area contributed by atoms with Gasteiger partial charge in [-0.1, -0.05) is 32.9 Å². The molecule has 0 saturated heterocycles. The van der Waals surface area contributed by atoms with Crippen LogP contribution in [0.25, 0.3) is 0 Å². The smallest absolute Gasteiger partial charge is 0.224 e. The molecule has 94 valence electrons. The minimum absolute atomic E-state index is 0.0584. The second-order valence-electron chi connectivity index (χ2n) is 4.95. The third kappa shape index (κ3) is 4.89. The van der Waals surface area contributed by atoms with Gasteiger partial charge in [0.05, 0.1) is 6.42 Å². The van der Waals surface area contributed by atoms with E-state index >= 15 is 0 Å². The number of nitrogens with one attached hydrogen (secondary N) is 1. The number of hydrogen-bond acceptors (Lipinski definition) is 2. The predicted octanol–water partition coefficient (Wildman–Crippen LogP) is 2.22. The van der Waals surface area contributed by atoms with Crippen LogP contribution in [0, 0.1) is 11.8 Å². The van der Waals surface area contributed by atoms with Gasteiger partial charge in [0.15, 0.2) is 0 Å². The summed E-state index contributed by atoms with van der Waals surface area (Å²) in [7, 11) is 0. The van der Waals surface area contributed by atoms with E-state index in [4.69, 9.17) is 5.73 Å². The summed E-state index contributed by atoms with van der Waals surface area (Å²) in [5, 5.41) is 2.95. The first-order valence-electron chi connectivity index (χ1n) is 6.10. The van der Waals surface area contributed by atoms with Crippen LogP contribution in [0.1, 0.15) is 26.3 Å². The average Bonchev–Trinajstić information content (AvgIpc) is 2.25. The molecular weight excluding hydrogens is 212 g/mol. The molecule has 0 aliphatic heterocycles. The van der Waals surface area contributed by atoms with Crippen molar-refractivity contribution in [3.8, 4) is 0 Å². The number of benzene rings is 1. The lowest BCUT2D eigenvalue weighted by Crippen LogP contribution is -2.31. The van der Waals surface area contributed by atoms with E-state index in [0.717, 1.165) is 12.1 Å². The molecule has 1 amide bonds. The third-order valence-corrected chi connectivity index (χ3v) is 3.07. The highest BCUT2D eigenvalue weighted by Gasteiger charge is 2.09. The van der Waals surface area contributed by atoms with Gasteiger partial charge in [-0.3, -0.25) is 4.79 Å². The number of rotatable bonds is 5. The zero-order chi connectivity index (χ0) is 12.8.